The first-order valence-corrected chi connectivity index (χ1v) is 9.30. The minimum atomic E-state index is -1.55. The second-order valence-corrected chi connectivity index (χ2v) is 9.17. The summed E-state index contributed by atoms with van der Waals surface area (Å²) in [6.45, 7) is 9.55. The van der Waals surface area contributed by atoms with Crippen molar-refractivity contribution in [3.05, 3.63) is 29.3 Å². The van der Waals surface area contributed by atoms with Gasteiger partial charge in [0.25, 0.3) is 0 Å². The van der Waals surface area contributed by atoms with Crippen LogP contribution in [0, 0.1) is 6.92 Å². The summed E-state index contributed by atoms with van der Waals surface area (Å²) in [5.74, 6) is -0.737. The van der Waals surface area contributed by atoms with Gasteiger partial charge in [-0.3, -0.25) is 4.79 Å². The number of ketones is 1. The van der Waals surface area contributed by atoms with Gasteiger partial charge in [-0.2, -0.15) is 0 Å². The fraction of sp³-hybridized carbons (Fsp3) is 0.619. The Bertz CT molecular complexity index is 811. The summed E-state index contributed by atoms with van der Waals surface area (Å²) < 4.78 is 12.0. The largest absolute Gasteiger partial charge is 0.457 e. The number of rotatable bonds is 1. The molecule has 0 radical (unpaired) electrons. The number of hydrogen-bond acceptors (Lipinski definition) is 5. The summed E-state index contributed by atoms with van der Waals surface area (Å²) in [5.41, 5.74) is 0.626. The molecule has 0 aliphatic carbocycles. The third-order valence-corrected chi connectivity index (χ3v) is 6.06. The van der Waals surface area contributed by atoms with E-state index in [2.05, 4.69) is 30.0 Å². The van der Waals surface area contributed by atoms with Gasteiger partial charge in [-0.15, -0.1) is 0 Å². The molecule has 0 spiro atoms. The van der Waals surface area contributed by atoms with E-state index in [1.807, 2.05) is 34.7 Å². The van der Waals surface area contributed by atoms with Crippen molar-refractivity contribution in [1.82, 2.24) is 0 Å². The number of ether oxygens (including phenoxy) is 2. The van der Waals surface area contributed by atoms with Gasteiger partial charge in [-0.25, -0.2) is 4.79 Å². The summed E-state index contributed by atoms with van der Waals surface area (Å²) in [5, 5.41) is 0. The lowest BCUT2D eigenvalue weighted by Crippen LogP contribution is -2.62. The van der Waals surface area contributed by atoms with Crippen LogP contribution in [0.4, 0.5) is 5.69 Å². The quantitative estimate of drug-likeness (QED) is 0.571. The van der Waals surface area contributed by atoms with E-state index in [4.69, 9.17) is 9.47 Å². The van der Waals surface area contributed by atoms with Gasteiger partial charge in [0.05, 0.1) is 11.6 Å². The molecule has 0 amide bonds. The summed E-state index contributed by atoms with van der Waals surface area (Å²) in [6.07, 6.45) is 0.969. The average Bonchev–Trinajstić information content (AvgIpc) is 2.94. The number of esters is 1. The molecule has 5 nitrogen and oxygen atoms in total. The van der Waals surface area contributed by atoms with Gasteiger partial charge in [0.15, 0.2) is 5.78 Å². The Morgan fingerprint density at radius 3 is 2.69 bits per heavy atom. The Morgan fingerprint density at radius 1 is 1.35 bits per heavy atom. The normalized spacial score (nSPS) is 35.3. The molecule has 3 aliphatic heterocycles. The van der Waals surface area contributed by atoms with E-state index < -0.39 is 22.8 Å². The number of anilines is 1. The molecule has 2 saturated heterocycles. The number of fused-ring (bicyclic) bond motifs is 7. The Kier molecular flexibility index (Phi) is 3.44. The molecule has 0 saturated carbocycles. The SMILES string of the molecule is Cc1ccc2c(c1)[C@H]1[C@@H](N2C)[C@@]2(C(=O)OC(C)(C)C)O[C@]1(C)CCC2=O. The van der Waals surface area contributed by atoms with Crippen molar-refractivity contribution in [1.29, 1.82) is 0 Å². The van der Waals surface area contributed by atoms with Crippen molar-refractivity contribution < 1.29 is 19.1 Å². The summed E-state index contributed by atoms with van der Waals surface area (Å²) >= 11 is 0. The highest BCUT2D eigenvalue weighted by Crippen LogP contribution is 2.61. The number of benzene rings is 1. The summed E-state index contributed by atoms with van der Waals surface area (Å²) in [4.78, 5) is 28.4. The van der Waals surface area contributed by atoms with Crippen LogP contribution >= 0.6 is 0 Å². The molecule has 26 heavy (non-hydrogen) atoms. The lowest BCUT2D eigenvalue weighted by Gasteiger charge is -2.40. The zero-order valence-electron chi connectivity index (χ0n) is 16.4. The van der Waals surface area contributed by atoms with E-state index in [9.17, 15) is 9.59 Å². The van der Waals surface area contributed by atoms with Crippen LogP contribution in [0.15, 0.2) is 18.2 Å². The monoisotopic (exact) mass is 357 g/mol. The third kappa shape index (κ3) is 2.13. The standard InChI is InChI=1S/C21H27NO4/c1-12-7-8-14-13(11-12)16-17(22(14)6)21(18(24)25-19(2,3)4)15(23)9-10-20(16,5)26-21/h7-8,11,16-17H,9-10H2,1-6H3/t16-,17+,20+,21-/m0/s1. The lowest BCUT2D eigenvalue weighted by molar-refractivity contribution is -0.199. The van der Waals surface area contributed by atoms with Gasteiger partial charge >= 0.3 is 5.97 Å². The average molecular weight is 357 g/mol. The molecule has 1 aromatic carbocycles. The van der Waals surface area contributed by atoms with Gasteiger partial charge in [-0.05, 0) is 52.7 Å². The molecule has 3 heterocycles. The molecule has 5 heteroatoms. The third-order valence-electron chi connectivity index (χ3n) is 6.06. The molecule has 2 fully saturated rings. The van der Waals surface area contributed by atoms with Crippen molar-refractivity contribution in [3.8, 4) is 0 Å². The second kappa shape index (κ2) is 5.10. The number of likely N-dealkylation sites (N-methyl/N-ethyl adjacent to an activating group) is 1. The maximum Gasteiger partial charge on any atom is 0.349 e. The number of nitrogens with zero attached hydrogens (tertiary/aromatic N) is 1. The molecule has 4 rings (SSSR count). The van der Waals surface area contributed by atoms with Crippen LogP contribution in [0.1, 0.15) is 57.6 Å². The highest BCUT2D eigenvalue weighted by molar-refractivity contribution is 6.11. The Balaban J connectivity index is 1.89. The fourth-order valence-electron chi connectivity index (χ4n) is 5.06. The molecule has 4 atom stereocenters. The van der Waals surface area contributed by atoms with E-state index >= 15 is 0 Å². The Hall–Kier alpha value is -1.88. The number of aryl methyl sites for hydroxylation is 1. The first kappa shape index (κ1) is 17.5. The first-order chi connectivity index (χ1) is 12.0. The number of Topliss-reactive ketones (excluding diaryl/α,β-unsaturated/α-hetero) is 1. The van der Waals surface area contributed by atoms with Crippen molar-refractivity contribution in [2.45, 2.75) is 76.2 Å². The highest BCUT2D eigenvalue weighted by atomic mass is 16.6. The molecular formula is C21H27NO4. The fourth-order valence-corrected chi connectivity index (χ4v) is 5.06. The topological polar surface area (TPSA) is 55.8 Å². The minimum Gasteiger partial charge on any atom is -0.457 e. The minimum absolute atomic E-state index is 0.0265. The van der Waals surface area contributed by atoms with Gasteiger partial charge in [0.2, 0.25) is 5.60 Å². The first-order valence-electron chi connectivity index (χ1n) is 9.30. The molecule has 140 valence electrons. The molecule has 1 aromatic rings. The van der Waals surface area contributed by atoms with Crippen molar-refractivity contribution in [2.24, 2.45) is 0 Å². The Morgan fingerprint density at radius 2 is 2.04 bits per heavy atom. The summed E-state index contributed by atoms with van der Waals surface area (Å²) in [6, 6.07) is 5.94. The zero-order valence-corrected chi connectivity index (χ0v) is 16.4. The van der Waals surface area contributed by atoms with E-state index in [0.717, 1.165) is 5.69 Å². The van der Waals surface area contributed by atoms with Crippen LogP contribution in [0.3, 0.4) is 0 Å². The zero-order chi connectivity index (χ0) is 19.1. The maximum atomic E-state index is 13.3. The van der Waals surface area contributed by atoms with Crippen LogP contribution in [-0.4, -0.2) is 41.6 Å². The van der Waals surface area contributed by atoms with Gasteiger partial charge in [0.1, 0.15) is 5.60 Å². The van der Waals surface area contributed by atoms with Crippen LogP contribution < -0.4 is 4.90 Å². The van der Waals surface area contributed by atoms with Crippen molar-refractivity contribution in [3.63, 3.8) is 0 Å². The van der Waals surface area contributed by atoms with Crippen molar-refractivity contribution in [2.75, 3.05) is 11.9 Å². The van der Waals surface area contributed by atoms with Crippen LogP contribution in [-0.2, 0) is 19.1 Å². The molecule has 0 unspecified atom stereocenters. The predicted molar refractivity (Wildman–Crippen MR) is 98.4 cm³/mol. The number of carbonyl (C=O) groups is 2. The maximum absolute atomic E-state index is 13.3. The smallest absolute Gasteiger partial charge is 0.349 e. The molecule has 2 bridgehead atoms. The Labute approximate surface area is 154 Å². The van der Waals surface area contributed by atoms with Crippen LogP contribution in [0.2, 0.25) is 0 Å². The molecular weight excluding hydrogens is 330 g/mol. The number of carbonyl (C=O) groups excluding carboxylic acids is 2. The van der Waals surface area contributed by atoms with Gasteiger partial charge in [0, 0.05) is 25.1 Å². The van der Waals surface area contributed by atoms with Crippen molar-refractivity contribution >= 4 is 17.4 Å². The second-order valence-electron chi connectivity index (χ2n) is 9.17. The highest BCUT2D eigenvalue weighted by Gasteiger charge is 2.74. The van der Waals surface area contributed by atoms with Gasteiger partial charge < -0.3 is 14.4 Å². The van der Waals surface area contributed by atoms with E-state index in [1.54, 1.807) is 0 Å². The molecule has 0 N–H and O–H groups in total. The summed E-state index contributed by atoms with van der Waals surface area (Å²) in [7, 11) is 1.95. The molecule has 3 aliphatic rings. The van der Waals surface area contributed by atoms with E-state index in [0.29, 0.717) is 12.8 Å². The number of hydrogen-bond donors (Lipinski definition) is 0. The molecule has 0 aromatic heterocycles. The van der Waals surface area contributed by atoms with Gasteiger partial charge in [-0.1, -0.05) is 17.7 Å². The van der Waals surface area contributed by atoms with E-state index in [1.165, 1.54) is 11.1 Å². The van der Waals surface area contributed by atoms with E-state index in [-0.39, 0.29) is 17.7 Å². The predicted octanol–water partition coefficient (Wildman–Crippen LogP) is 3.13. The van der Waals surface area contributed by atoms with Crippen LogP contribution in [0.5, 0.6) is 0 Å². The lowest BCUT2D eigenvalue weighted by atomic mass is 9.79. The van der Waals surface area contributed by atoms with Crippen LogP contribution in [0.25, 0.3) is 0 Å².